The van der Waals surface area contributed by atoms with E-state index in [0.717, 1.165) is 4.90 Å². The van der Waals surface area contributed by atoms with Gasteiger partial charge in [0, 0.05) is 13.6 Å². The van der Waals surface area contributed by atoms with E-state index in [2.05, 4.69) is 0 Å². The molecule has 0 aromatic carbocycles. The van der Waals surface area contributed by atoms with Crippen LogP contribution in [-0.2, 0) is 4.79 Å². The Bertz CT molecular complexity index is 213. The summed E-state index contributed by atoms with van der Waals surface area (Å²) >= 11 is 0. The van der Waals surface area contributed by atoms with Crippen molar-refractivity contribution in [3.05, 3.63) is 0 Å². The highest BCUT2D eigenvalue weighted by Gasteiger charge is 2.54. The molecule has 0 fully saturated rings. The van der Waals surface area contributed by atoms with Crippen LogP contribution in [0.4, 0.5) is 13.2 Å². The van der Waals surface area contributed by atoms with Crippen LogP contribution in [0.5, 0.6) is 0 Å². The van der Waals surface area contributed by atoms with E-state index in [1.165, 1.54) is 7.05 Å². The summed E-state index contributed by atoms with van der Waals surface area (Å²) < 4.78 is 36.9. The molecule has 0 aliphatic rings. The van der Waals surface area contributed by atoms with Crippen LogP contribution in [0.1, 0.15) is 20.3 Å². The zero-order valence-electron chi connectivity index (χ0n) is 8.48. The molecule has 0 spiro atoms. The summed E-state index contributed by atoms with van der Waals surface area (Å²) in [7, 11) is 1.31. The predicted octanol–water partition coefficient (Wildman–Crippen LogP) is 1.13. The van der Waals surface area contributed by atoms with E-state index in [1.54, 1.807) is 6.92 Å². The third kappa shape index (κ3) is 2.60. The van der Waals surface area contributed by atoms with Gasteiger partial charge in [0.1, 0.15) is 0 Å². The molecule has 14 heavy (non-hydrogen) atoms. The van der Waals surface area contributed by atoms with Gasteiger partial charge in [-0.2, -0.15) is 13.2 Å². The molecule has 84 valence electrons. The molecule has 0 aliphatic heterocycles. The third-order valence-electron chi connectivity index (χ3n) is 1.94. The number of carbonyl (C=O) groups is 1. The minimum atomic E-state index is -4.72. The number of halogens is 3. The standard InChI is InChI=1S/C8H15F3N2O/c1-4-5-13(3)6(14)7(2,12)8(9,10)11/h4-5,12H2,1-3H3. The molecule has 1 atom stereocenters. The fraction of sp³-hybridized carbons (Fsp3) is 0.875. The summed E-state index contributed by atoms with van der Waals surface area (Å²) in [5, 5.41) is 0. The summed E-state index contributed by atoms with van der Waals surface area (Å²) in [6.45, 7) is 2.72. The van der Waals surface area contributed by atoms with Gasteiger partial charge in [0.2, 0.25) is 0 Å². The summed E-state index contributed by atoms with van der Waals surface area (Å²) in [5.74, 6) is -1.10. The molecule has 0 radical (unpaired) electrons. The SMILES string of the molecule is CCCN(C)C(=O)C(C)(N)C(F)(F)F. The fourth-order valence-corrected chi connectivity index (χ4v) is 0.955. The zero-order valence-corrected chi connectivity index (χ0v) is 8.48. The number of hydrogen-bond acceptors (Lipinski definition) is 2. The van der Waals surface area contributed by atoms with Crippen LogP contribution in [-0.4, -0.2) is 36.1 Å². The molecule has 1 amide bonds. The molecule has 0 rings (SSSR count). The number of carbonyl (C=O) groups excluding carboxylic acids is 1. The average Bonchev–Trinajstić information content (AvgIpc) is 2.01. The molecule has 0 aliphatic carbocycles. The maximum atomic E-state index is 12.3. The molecule has 0 aromatic heterocycles. The minimum Gasteiger partial charge on any atom is -0.344 e. The van der Waals surface area contributed by atoms with Crippen LogP contribution in [0.2, 0.25) is 0 Å². The molecule has 1 unspecified atom stereocenters. The van der Waals surface area contributed by atoms with Crippen molar-refractivity contribution < 1.29 is 18.0 Å². The van der Waals surface area contributed by atoms with Crippen LogP contribution < -0.4 is 5.73 Å². The third-order valence-corrected chi connectivity index (χ3v) is 1.94. The molecule has 0 saturated heterocycles. The Kier molecular flexibility index (Phi) is 3.93. The minimum absolute atomic E-state index is 0.266. The molecule has 0 bridgehead atoms. The fourth-order valence-electron chi connectivity index (χ4n) is 0.955. The van der Waals surface area contributed by atoms with Gasteiger partial charge in [-0.05, 0) is 13.3 Å². The highest BCUT2D eigenvalue weighted by Crippen LogP contribution is 2.29. The zero-order chi connectivity index (χ0) is 11.6. The Morgan fingerprint density at radius 3 is 2.14 bits per heavy atom. The van der Waals surface area contributed by atoms with Crippen molar-refractivity contribution in [2.45, 2.75) is 32.0 Å². The molecule has 0 saturated carbocycles. The molecule has 0 heterocycles. The maximum Gasteiger partial charge on any atom is 0.415 e. The number of hydrogen-bond donors (Lipinski definition) is 1. The lowest BCUT2D eigenvalue weighted by Crippen LogP contribution is -2.61. The number of nitrogens with two attached hydrogens (primary N) is 1. The first-order valence-corrected chi connectivity index (χ1v) is 4.25. The lowest BCUT2D eigenvalue weighted by Gasteiger charge is -2.30. The number of likely N-dealkylation sites (N-methyl/N-ethyl adjacent to an activating group) is 1. The first kappa shape index (κ1) is 13.2. The average molecular weight is 212 g/mol. The van der Waals surface area contributed by atoms with Crippen molar-refractivity contribution in [2.75, 3.05) is 13.6 Å². The molecule has 2 N–H and O–H groups in total. The Labute approximate surface area is 81.1 Å². The van der Waals surface area contributed by atoms with Gasteiger partial charge in [-0.3, -0.25) is 4.79 Å². The van der Waals surface area contributed by atoms with E-state index < -0.39 is 17.6 Å². The topological polar surface area (TPSA) is 46.3 Å². The second-order valence-corrected chi connectivity index (χ2v) is 3.43. The van der Waals surface area contributed by atoms with E-state index >= 15 is 0 Å². The summed E-state index contributed by atoms with van der Waals surface area (Å²) in [5.41, 5.74) is 2.16. The van der Waals surface area contributed by atoms with Crippen molar-refractivity contribution in [1.82, 2.24) is 4.90 Å². The predicted molar refractivity (Wildman–Crippen MR) is 46.6 cm³/mol. The Morgan fingerprint density at radius 1 is 1.43 bits per heavy atom. The number of alkyl halides is 3. The molecular formula is C8H15F3N2O. The molecule has 3 nitrogen and oxygen atoms in total. The Balaban J connectivity index is 4.67. The van der Waals surface area contributed by atoms with E-state index in [9.17, 15) is 18.0 Å². The van der Waals surface area contributed by atoms with Crippen LogP contribution >= 0.6 is 0 Å². The van der Waals surface area contributed by atoms with E-state index in [-0.39, 0.29) is 6.54 Å². The summed E-state index contributed by atoms with van der Waals surface area (Å²) in [4.78, 5) is 12.3. The maximum absolute atomic E-state index is 12.3. The van der Waals surface area contributed by atoms with Crippen molar-refractivity contribution in [3.8, 4) is 0 Å². The van der Waals surface area contributed by atoms with Crippen molar-refractivity contribution in [1.29, 1.82) is 0 Å². The summed E-state index contributed by atoms with van der Waals surface area (Å²) in [6.07, 6.45) is -4.12. The van der Waals surface area contributed by atoms with Crippen molar-refractivity contribution in [2.24, 2.45) is 5.73 Å². The summed E-state index contributed by atoms with van der Waals surface area (Å²) in [6, 6.07) is 0. The van der Waals surface area contributed by atoms with Crippen molar-refractivity contribution >= 4 is 5.91 Å². The lowest BCUT2D eigenvalue weighted by molar-refractivity contribution is -0.192. The second kappa shape index (κ2) is 4.16. The lowest BCUT2D eigenvalue weighted by atomic mass is 10.0. The van der Waals surface area contributed by atoms with Crippen LogP contribution in [0, 0.1) is 0 Å². The normalized spacial score (nSPS) is 16.2. The van der Waals surface area contributed by atoms with E-state index in [4.69, 9.17) is 5.73 Å². The monoisotopic (exact) mass is 212 g/mol. The number of amides is 1. The van der Waals surface area contributed by atoms with E-state index in [0.29, 0.717) is 13.3 Å². The van der Waals surface area contributed by atoms with Gasteiger partial charge >= 0.3 is 6.18 Å². The van der Waals surface area contributed by atoms with Gasteiger partial charge < -0.3 is 10.6 Å². The van der Waals surface area contributed by atoms with Gasteiger partial charge in [-0.25, -0.2) is 0 Å². The van der Waals surface area contributed by atoms with Crippen LogP contribution in [0.3, 0.4) is 0 Å². The molecular weight excluding hydrogens is 197 g/mol. The van der Waals surface area contributed by atoms with Gasteiger partial charge in [0.25, 0.3) is 5.91 Å². The quantitative estimate of drug-likeness (QED) is 0.762. The smallest absolute Gasteiger partial charge is 0.344 e. The van der Waals surface area contributed by atoms with Gasteiger partial charge in [-0.15, -0.1) is 0 Å². The highest BCUT2D eigenvalue weighted by molar-refractivity contribution is 5.86. The Hall–Kier alpha value is -0.780. The largest absolute Gasteiger partial charge is 0.415 e. The van der Waals surface area contributed by atoms with Gasteiger partial charge in [-0.1, -0.05) is 6.92 Å². The molecule has 6 heteroatoms. The van der Waals surface area contributed by atoms with Gasteiger partial charge in [0.15, 0.2) is 5.54 Å². The highest BCUT2D eigenvalue weighted by atomic mass is 19.4. The molecule has 0 aromatic rings. The van der Waals surface area contributed by atoms with Crippen LogP contribution in [0.15, 0.2) is 0 Å². The Morgan fingerprint density at radius 2 is 1.86 bits per heavy atom. The number of nitrogens with zero attached hydrogens (tertiary/aromatic N) is 1. The first-order valence-electron chi connectivity index (χ1n) is 4.25. The second-order valence-electron chi connectivity index (χ2n) is 3.43. The number of rotatable bonds is 3. The van der Waals surface area contributed by atoms with Crippen molar-refractivity contribution in [3.63, 3.8) is 0 Å². The van der Waals surface area contributed by atoms with Crippen LogP contribution in [0.25, 0.3) is 0 Å². The first-order chi connectivity index (χ1) is 6.14. The van der Waals surface area contributed by atoms with E-state index in [1.807, 2.05) is 0 Å². The van der Waals surface area contributed by atoms with Gasteiger partial charge in [0.05, 0.1) is 0 Å².